The van der Waals surface area contributed by atoms with Crippen LogP contribution in [0.5, 0.6) is 0 Å². The molecular formula is C23H30O7. The highest BCUT2D eigenvalue weighted by molar-refractivity contribution is 6.07. The Morgan fingerprint density at radius 1 is 1.30 bits per heavy atom. The van der Waals surface area contributed by atoms with Crippen LogP contribution in [0.4, 0.5) is 0 Å². The van der Waals surface area contributed by atoms with Crippen LogP contribution in [-0.4, -0.2) is 46.2 Å². The van der Waals surface area contributed by atoms with Crippen LogP contribution in [0, 0.1) is 11.8 Å². The van der Waals surface area contributed by atoms with E-state index in [1.165, 1.54) is 6.08 Å². The molecule has 2 N–H and O–H groups in total. The fourth-order valence-corrected chi connectivity index (χ4v) is 4.69. The fourth-order valence-electron chi connectivity index (χ4n) is 4.69. The van der Waals surface area contributed by atoms with Crippen molar-refractivity contribution in [2.24, 2.45) is 11.8 Å². The summed E-state index contributed by atoms with van der Waals surface area (Å²) in [7, 11) is 0. The number of carboxylic acid groups (broad SMARTS) is 1. The van der Waals surface area contributed by atoms with E-state index in [0.29, 0.717) is 24.2 Å². The number of fused-ring (bicyclic) bond motifs is 1. The minimum Gasteiger partial charge on any atom is -0.489 e. The standard InChI is InChI=1S/C23H30O7/c1-3-4-5-6-7-8-18(24)20-17-12-14-11-15(9-10-19(25)26)29-13-16(14)21(27)23(17,2)30-22(20)28/h9-11,17-18,20,24H,3-8,12-13H2,1-2H3,(H,25,26)/b10-9+/t17-,18?,20+,23-/m1/s1. The van der Waals surface area contributed by atoms with Gasteiger partial charge in [-0.25, -0.2) is 4.79 Å². The number of carbonyl (C=O) groups excluding carboxylic acids is 2. The summed E-state index contributed by atoms with van der Waals surface area (Å²) < 4.78 is 11.0. The van der Waals surface area contributed by atoms with Crippen molar-refractivity contribution < 1.29 is 34.1 Å². The van der Waals surface area contributed by atoms with E-state index in [2.05, 4.69) is 6.92 Å². The molecule has 7 heteroatoms. The van der Waals surface area contributed by atoms with Crippen molar-refractivity contribution in [3.63, 3.8) is 0 Å². The van der Waals surface area contributed by atoms with E-state index >= 15 is 0 Å². The molecule has 0 aromatic rings. The number of hydrogen-bond donors (Lipinski definition) is 2. The van der Waals surface area contributed by atoms with Gasteiger partial charge in [0.1, 0.15) is 12.4 Å². The van der Waals surface area contributed by atoms with Crippen molar-refractivity contribution >= 4 is 17.7 Å². The van der Waals surface area contributed by atoms with Crippen LogP contribution in [0.25, 0.3) is 0 Å². The maximum Gasteiger partial charge on any atom is 0.328 e. The molecule has 3 rings (SSSR count). The number of aliphatic carboxylic acids is 1. The predicted octanol–water partition coefficient (Wildman–Crippen LogP) is 3.08. The molecule has 0 bridgehead atoms. The maximum atomic E-state index is 13.1. The Bertz CT molecular complexity index is 806. The second-order valence-electron chi connectivity index (χ2n) is 8.47. The van der Waals surface area contributed by atoms with E-state index in [4.69, 9.17) is 14.6 Å². The number of hydrogen-bond acceptors (Lipinski definition) is 6. The topological polar surface area (TPSA) is 110 Å². The number of ether oxygens (including phenoxy) is 2. The molecule has 7 nitrogen and oxygen atoms in total. The zero-order valence-electron chi connectivity index (χ0n) is 17.6. The molecule has 3 aliphatic rings. The average Bonchev–Trinajstić information content (AvgIpc) is 2.96. The van der Waals surface area contributed by atoms with E-state index in [-0.39, 0.29) is 12.4 Å². The smallest absolute Gasteiger partial charge is 0.328 e. The Kier molecular flexibility index (Phi) is 6.81. The first-order chi connectivity index (χ1) is 14.3. The normalized spacial score (nSPS) is 29.2. The third kappa shape index (κ3) is 4.36. The Morgan fingerprint density at radius 2 is 2.03 bits per heavy atom. The number of aliphatic hydroxyl groups is 1. The van der Waals surface area contributed by atoms with E-state index in [9.17, 15) is 19.5 Å². The molecule has 0 spiro atoms. The summed E-state index contributed by atoms with van der Waals surface area (Å²) in [5, 5.41) is 19.6. The summed E-state index contributed by atoms with van der Waals surface area (Å²) in [5.41, 5.74) is -0.129. The van der Waals surface area contributed by atoms with Crippen LogP contribution in [0.3, 0.4) is 0 Å². The van der Waals surface area contributed by atoms with Crippen LogP contribution in [-0.2, 0) is 23.9 Å². The minimum absolute atomic E-state index is 0.00840. The number of ketones is 1. The van der Waals surface area contributed by atoms with Crippen LogP contribution in [0.1, 0.15) is 58.8 Å². The molecule has 1 saturated heterocycles. The van der Waals surface area contributed by atoms with Gasteiger partial charge in [-0.1, -0.05) is 39.0 Å². The molecule has 2 heterocycles. The Labute approximate surface area is 176 Å². The quantitative estimate of drug-likeness (QED) is 0.336. The molecule has 4 atom stereocenters. The van der Waals surface area contributed by atoms with Crippen molar-refractivity contribution in [2.75, 3.05) is 6.61 Å². The molecule has 30 heavy (non-hydrogen) atoms. The zero-order chi connectivity index (χ0) is 21.9. The van der Waals surface area contributed by atoms with Gasteiger partial charge in [0.25, 0.3) is 0 Å². The highest BCUT2D eigenvalue weighted by atomic mass is 16.6. The van der Waals surface area contributed by atoms with Gasteiger partial charge in [0.15, 0.2) is 5.60 Å². The average molecular weight is 418 g/mol. The van der Waals surface area contributed by atoms with Gasteiger partial charge in [-0.05, 0) is 37.5 Å². The number of aliphatic hydroxyl groups excluding tert-OH is 1. The molecule has 0 amide bonds. The zero-order valence-corrected chi connectivity index (χ0v) is 17.6. The predicted molar refractivity (Wildman–Crippen MR) is 108 cm³/mol. The van der Waals surface area contributed by atoms with E-state index in [0.717, 1.165) is 43.8 Å². The summed E-state index contributed by atoms with van der Waals surface area (Å²) in [6.07, 6.45) is 9.23. The summed E-state index contributed by atoms with van der Waals surface area (Å²) in [5.74, 6) is -2.76. The second kappa shape index (κ2) is 9.16. The van der Waals surface area contributed by atoms with Crippen molar-refractivity contribution in [2.45, 2.75) is 70.5 Å². The van der Waals surface area contributed by atoms with Gasteiger partial charge in [0.05, 0.1) is 12.0 Å². The molecule has 164 valence electrons. The first kappa shape index (κ1) is 22.3. The molecule has 0 radical (unpaired) electrons. The Balaban J connectivity index is 1.77. The van der Waals surface area contributed by atoms with Gasteiger partial charge in [-0.2, -0.15) is 0 Å². The van der Waals surface area contributed by atoms with Gasteiger partial charge >= 0.3 is 11.9 Å². The van der Waals surface area contributed by atoms with E-state index < -0.39 is 35.5 Å². The maximum absolute atomic E-state index is 13.1. The van der Waals surface area contributed by atoms with Gasteiger partial charge < -0.3 is 19.7 Å². The SMILES string of the molecule is CCCCCCCC(O)[C@H]1C(=O)O[C@@]2(C)C(=O)C3=C(C=C(/C=C/C(=O)O)OC3)C[C@H]12. The summed E-state index contributed by atoms with van der Waals surface area (Å²) >= 11 is 0. The molecule has 1 fully saturated rings. The molecule has 0 aromatic heterocycles. The number of carbonyl (C=O) groups is 3. The molecule has 0 aromatic carbocycles. The fraction of sp³-hybridized carbons (Fsp3) is 0.609. The highest BCUT2D eigenvalue weighted by Crippen LogP contribution is 2.49. The lowest BCUT2D eigenvalue weighted by atomic mass is 9.67. The Hall–Kier alpha value is -2.41. The lowest BCUT2D eigenvalue weighted by molar-refractivity contribution is -0.158. The number of rotatable bonds is 9. The largest absolute Gasteiger partial charge is 0.489 e. The Morgan fingerprint density at radius 3 is 2.73 bits per heavy atom. The van der Waals surface area contributed by atoms with Crippen molar-refractivity contribution in [3.8, 4) is 0 Å². The first-order valence-corrected chi connectivity index (χ1v) is 10.7. The van der Waals surface area contributed by atoms with E-state index in [1.54, 1.807) is 13.0 Å². The summed E-state index contributed by atoms with van der Waals surface area (Å²) in [4.78, 5) is 36.5. The highest BCUT2D eigenvalue weighted by Gasteiger charge is 2.61. The van der Waals surface area contributed by atoms with Crippen LogP contribution in [0.2, 0.25) is 0 Å². The monoisotopic (exact) mass is 418 g/mol. The lowest BCUT2D eigenvalue weighted by Gasteiger charge is -2.37. The van der Waals surface area contributed by atoms with Gasteiger partial charge in [-0.15, -0.1) is 0 Å². The summed E-state index contributed by atoms with van der Waals surface area (Å²) in [6, 6.07) is 0. The number of Topliss-reactive ketones (excluding diaryl/α,β-unsaturated/α-hetero) is 1. The van der Waals surface area contributed by atoms with Crippen molar-refractivity contribution in [1.82, 2.24) is 0 Å². The first-order valence-electron chi connectivity index (χ1n) is 10.7. The van der Waals surface area contributed by atoms with Gasteiger partial charge in [-0.3, -0.25) is 9.59 Å². The van der Waals surface area contributed by atoms with Gasteiger partial charge in [0, 0.05) is 17.6 Å². The second-order valence-corrected chi connectivity index (χ2v) is 8.47. The number of unbranched alkanes of at least 4 members (excludes halogenated alkanes) is 4. The third-order valence-electron chi connectivity index (χ3n) is 6.39. The van der Waals surface area contributed by atoms with Crippen molar-refractivity contribution in [3.05, 3.63) is 35.1 Å². The van der Waals surface area contributed by atoms with Gasteiger partial charge in [0.2, 0.25) is 5.78 Å². The minimum atomic E-state index is -1.30. The molecule has 1 aliphatic carbocycles. The van der Waals surface area contributed by atoms with Crippen molar-refractivity contribution in [1.29, 1.82) is 0 Å². The molecular weight excluding hydrogens is 388 g/mol. The van der Waals surface area contributed by atoms with E-state index in [1.807, 2.05) is 0 Å². The number of esters is 1. The number of allylic oxidation sites excluding steroid dienone is 3. The van der Waals surface area contributed by atoms with Crippen LogP contribution in [0.15, 0.2) is 35.1 Å². The lowest BCUT2D eigenvalue weighted by Crippen LogP contribution is -2.48. The molecule has 2 aliphatic heterocycles. The molecule has 0 saturated carbocycles. The third-order valence-corrected chi connectivity index (χ3v) is 6.39. The molecule has 1 unspecified atom stereocenters. The van der Waals surface area contributed by atoms with Crippen LogP contribution >= 0.6 is 0 Å². The number of carboxylic acids is 1. The summed E-state index contributed by atoms with van der Waals surface area (Å²) in [6.45, 7) is 3.77. The van der Waals surface area contributed by atoms with Crippen LogP contribution < -0.4 is 0 Å².